The van der Waals surface area contributed by atoms with Crippen LogP contribution in [0.1, 0.15) is 35.6 Å². The van der Waals surface area contributed by atoms with E-state index in [1.807, 2.05) is 37.3 Å². The van der Waals surface area contributed by atoms with Crippen molar-refractivity contribution in [3.63, 3.8) is 0 Å². The zero-order valence-corrected chi connectivity index (χ0v) is 18.4. The molecule has 1 spiro atoms. The van der Waals surface area contributed by atoms with Crippen molar-refractivity contribution in [2.75, 3.05) is 33.9 Å². The molecule has 6 heteroatoms. The fraction of sp³-hybridized carbons (Fsp3) is 0.417. The lowest BCUT2D eigenvalue weighted by Crippen LogP contribution is -2.48. The molecule has 0 bridgehead atoms. The topological polar surface area (TPSA) is 51.2 Å². The predicted molar refractivity (Wildman–Crippen MR) is 119 cm³/mol. The average molecular weight is 430 g/mol. The maximum atomic E-state index is 10.7. The number of aliphatic hydroxyl groups is 1. The summed E-state index contributed by atoms with van der Waals surface area (Å²) in [6.45, 7) is 4.28. The number of nitrogens with zero attached hydrogens (tertiary/aromatic N) is 1. The summed E-state index contributed by atoms with van der Waals surface area (Å²) in [5.74, 6) is 2.19. The lowest BCUT2D eigenvalue weighted by Gasteiger charge is -2.42. The molecule has 2 aliphatic heterocycles. The summed E-state index contributed by atoms with van der Waals surface area (Å²) in [5.41, 5.74) is 2.60. The normalized spacial score (nSPS) is 18.6. The summed E-state index contributed by atoms with van der Waals surface area (Å²) >= 11 is 6.24. The first-order valence-corrected chi connectivity index (χ1v) is 10.6. The number of ether oxygens (including phenoxy) is 3. The second-order valence-corrected chi connectivity index (χ2v) is 8.48. The van der Waals surface area contributed by atoms with Gasteiger partial charge in [0.1, 0.15) is 11.4 Å². The fourth-order valence-corrected chi connectivity index (χ4v) is 4.35. The van der Waals surface area contributed by atoms with Crippen LogP contribution in [0.3, 0.4) is 0 Å². The highest BCUT2D eigenvalue weighted by atomic mass is 35.5. The van der Waals surface area contributed by atoms with Gasteiger partial charge in [0.15, 0.2) is 11.5 Å². The number of benzene rings is 2. The fourth-order valence-electron chi connectivity index (χ4n) is 4.18. The standard InChI is InChI=1S/C24H28ClNO4/c1-16-12-22-18(13-19(16)25)6-7-24(30-22)8-10-26(11-9-24)15-20(27)17-4-5-21(28-2)23(14-17)29-3/h4-7,12-14,20,27H,8-11,15H2,1-3H3. The van der Waals surface area contributed by atoms with Gasteiger partial charge in [-0.25, -0.2) is 0 Å². The summed E-state index contributed by atoms with van der Waals surface area (Å²) in [7, 11) is 3.21. The van der Waals surface area contributed by atoms with Crippen molar-refractivity contribution in [1.29, 1.82) is 0 Å². The highest BCUT2D eigenvalue weighted by molar-refractivity contribution is 6.31. The Morgan fingerprint density at radius 1 is 1.13 bits per heavy atom. The van der Waals surface area contributed by atoms with Crippen LogP contribution in [0.4, 0.5) is 0 Å². The van der Waals surface area contributed by atoms with Crippen molar-refractivity contribution in [3.8, 4) is 17.2 Å². The molecule has 1 fully saturated rings. The van der Waals surface area contributed by atoms with Crippen molar-refractivity contribution >= 4 is 17.7 Å². The zero-order valence-electron chi connectivity index (χ0n) is 17.7. The summed E-state index contributed by atoms with van der Waals surface area (Å²) < 4.78 is 17.1. The molecular formula is C24H28ClNO4. The number of fused-ring (bicyclic) bond motifs is 1. The smallest absolute Gasteiger partial charge is 0.161 e. The van der Waals surface area contributed by atoms with E-state index >= 15 is 0 Å². The molecule has 160 valence electrons. The summed E-state index contributed by atoms with van der Waals surface area (Å²) in [4.78, 5) is 2.28. The first kappa shape index (κ1) is 21.0. The van der Waals surface area contributed by atoms with E-state index in [0.29, 0.717) is 18.0 Å². The van der Waals surface area contributed by atoms with E-state index < -0.39 is 6.10 Å². The van der Waals surface area contributed by atoms with Gasteiger partial charge in [-0.3, -0.25) is 0 Å². The highest BCUT2D eigenvalue weighted by Crippen LogP contribution is 2.39. The van der Waals surface area contributed by atoms with E-state index in [2.05, 4.69) is 17.1 Å². The minimum atomic E-state index is -0.591. The Kier molecular flexibility index (Phi) is 5.96. The van der Waals surface area contributed by atoms with E-state index in [0.717, 1.165) is 53.4 Å². The first-order chi connectivity index (χ1) is 14.4. The van der Waals surface area contributed by atoms with Crippen LogP contribution >= 0.6 is 11.6 Å². The van der Waals surface area contributed by atoms with E-state index in [1.165, 1.54) is 0 Å². The quantitative estimate of drug-likeness (QED) is 0.750. The van der Waals surface area contributed by atoms with Crippen LogP contribution < -0.4 is 14.2 Å². The van der Waals surface area contributed by atoms with Gasteiger partial charge in [0, 0.05) is 43.1 Å². The van der Waals surface area contributed by atoms with Crippen molar-refractivity contribution in [3.05, 3.63) is 58.1 Å². The molecule has 2 heterocycles. The average Bonchev–Trinajstić information content (AvgIpc) is 2.76. The summed E-state index contributed by atoms with van der Waals surface area (Å²) in [6.07, 6.45) is 5.46. The maximum absolute atomic E-state index is 10.7. The van der Waals surface area contributed by atoms with E-state index in [1.54, 1.807) is 14.2 Å². The number of rotatable bonds is 5. The number of likely N-dealkylation sites (tertiary alicyclic amines) is 1. The summed E-state index contributed by atoms with van der Waals surface area (Å²) in [5, 5.41) is 11.5. The maximum Gasteiger partial charge on any atom is 0.161 e. The Morgan fingerprint density at radius 3 is 2.57 bits per heavy atom. The molecule has 1 atom stereocenters. The van der Waals surface area contributed by atoms with E-state index in [9.17, 15) is 5.11 Å². The molecule has 30 heavy (non-hydrogen) atoms. The molecule has 2 aromatic rings. The van der Waals surface area contributed by atoms with Gasteiger partial charge in [0.2, 0.25) is 0 Å². The first-order valence-electron chi connectivity index (χ1n) is 10.2. The van der Waals surface area contributed by atoms with Gasteiger partial charge in [-0.1, -0.05) is 23.7 Å². The number of aryl methyl sites for hydroxylation is 1. The van der Waals surface area contributed by atoms with Crippen LogP contribution in [-0.2, 0) is 0 Å². The predicted octanol–water partition coefficient (Wildman–Crippen LogP) is 4.64. The number of hydrogen-bond donors (Lipinski definition) is 1. The van der Waals surface area contributed by atoms with Gasteiger partial charge in [-0.2, -0.15) is 0 Å². The number of β-amino-alcohol motifs (C(OH)–C–C–N with tert-alkyl or cyclic N) is 1. The monoisotopic (exact) mass is 429 g/mol. The molecule has 0 amide bonds. The van der Waals surface area contributed by atoms with Gasteiger partial charge in [0.05, 0.1) is 20.3 Å². The van der Waals surface area contributed by atoms with Crippen molar-refractivity contribution in [1.82, 2.24) is 4.90 Å². The number of halogens is 1. The molecule has 0 radical (unpaired) electrons. The SMILES string of the molecule is COc1ccc(C(O)CN2CCC3(C=Cc4cc(Cl)c(C)cc4O3)CC2)cc1OC. The Labute approximate surface area is 182 Å². The van der Waals surface area contributed by atoms with E-state index in [4.69, 9.17) is 25.8 Å². The number of hydrogen-bond acceptors (Lipinski definition) is 5. The Hall–Kier alpha value is -2.21. The van der Waals surface area contributed by atoms with Gasteiger partial charge in [-0.15, -0.1) is 0 Å². The zero-order chi connectivity index (χ0) is 21.3. The molecule has 0 aliphatic carbocycles. The minimum Gasteiger partial charge on any atom is -0.493 e. The number of piperidine rings is 1. The van der Waals surface area contributed by atoms with Gasteiger partial charge in [0.25, 0.3) is 0 Å². The molecule has 2 aliphatic rings. The molecular weight excluding hydrogens is 402 g/mol. The summed E-state index contributed by atoms with van der Waals surface area (Å²) in [6, 6.07) is 9.54. The van der Waals surface area contributed by atoms with Crippen LogP contribution in [-0.4, -0.2) is 49.5 Å². The molecule has 1 saturated heterocycles. The largest absolute Gasteiger partial charge is 0.493 e. The van der Waals surface area contributed by atoms with Crippen LogP contribution in [0.5, 0.6) is 17.2 Å². The minimum absolute atomic E-state index is 0.280. The van der Waals surface area contributed by atoms with Gasteiger partial charge in [-0.05, 0) is 48.4 Å². The van der Waals surface area contributed by atoms with Crippen molar-refractivity contribution in [2.24, 2.45) is 0 Å². The third-order valence-electron chi connectivity index (χ3n) is 6.10. The van der Waals surface area contributed by atoms with Gasteiger partial charge >= 0.3 is 0 Å². The Balaban J connectivity index is 1.39. The van der Waals surface area contributed by atoms with Crippen molar-refractivity contribution in [2.45, 2.75) is 31.5 Å². The Bertz CT molecular complexity index is 950. The molecule has 1 N–H and O–H groups in total. The van der Waals surface area contributed by atoms with Crippen LogP contribution in [0.25, 0.3) is 6.08 Å². The van der Waals surface area contributed by atoms with Crippen LogP contribution in [0.2, 0.25) is 5.02 Å². The lowest BCUT2D eigenvalue weighted by atomic mass is 9.87. The van der Waals surface area contributed by atoms with Gasteiger partial charge < -0.3 is 24.2 Å². The second kappa shape index (κ2) is 8.50. The third kappa shape index (κ3) is 4.15. The molecule has 2 aromatic carbocycles. The molecule has 0 aromatic heterocycles. The molecule has 1 unspecified atom stereocenters. The van der Waals surface area contributed by atoms with Crippen LogP contribution in [0.15, 0.2) is 36.4 Å². The highest BCUT2D eigenvalue weighted by Gasteiger charge is 2.37. The number of aliphatic hydroxyl groups excluding tert-OH is 1. The molecule has 5 nitrogen and oxygen atoms in total. The molecule has 4 rings (SSSR count). The second-order valence-electron chi connectivity index (χ2n) is 8.07. The Morgan fingerprint density at radius 2 is 1.87 bits per heavy atom. The lowest BCUT2D eigenvalue weighted by molar-refractivity contribution is 0.0200. The molecule has 0 saturated carbocycles. The third-order valence-corrected chi connectivity index (χ3v) is 6.50. The van der Waals surface area contributed by atoms with Crippen molar-refractivity contribution < 1.29 is 19.3 Å². The number of methoxy groups -OCH3 is 2. The van der Waals surface area contributed by atoms with Crippen LogP contribution in [0, 0.1) is 6.92 Å². The van der Waals surface area contributed by atoms with E-state index in [-0.39, 0.29) is 5.60 Å².